The lowest BCUT2D eigenvalue weighted by molar-refractivity contribution is -0.137. The van der Waals surface area contributed by atoms with Crippen molar-refractivity contribution in [3.63, 3.8) is 0 Å². The number of halogens is 5. The van der Waals surface area contributed by atoms with Gasteiger partial charge in [-0.2, -0.15) is 13.2 Å². The lowest BCUT2D eigenvalue weighted by Gasteiger charge is -2.17. The molecule has 1 amide bonds. The third-order valence-electron chi connectivity index (χ3n) is 6.11. The van der Waals surface area contributed by atoms with Crippen LogP contribution in [0.3, 0.4) is 0 Å². The molecule has 0 atom stereocenters. The Kier molecular flexibility index (Phi) is 6.28. The molecule has 1 N–H and O–H groups in total. The predicted octanol–water partition coefficient (Wildman–Crippen LogP) is 5.95. The first-order valence-electron chi connectivity index (χ1n) is 10.7. The van der Waals surface area contributed by atoms with E-state index in [4.69, 9.17) is 0 Å². The molecule has 0 bridgehead atoms. The van der Waals surface area contributed by atoms with Crippen molar-refractivity contribution in [3.8, 4) is 0 Å². The molecule has 0 spiro atoms. The Hall–Kier alpha value is -3.16. The summed E-state index contributed by atoms with van der Waals surface area (Å²) in [5, 5.41) is 2.71. The molecule has 3 aromatic rings. The molecule has 0 saturated carbocycles. The lowest BCUT2D eigenvalue weighted by Crippen LogP contribution is -2.27. The Morgan fingerprint density at radius 1 is 1.06 bits per heavy atom. The number of aromatic nitrogens is 1. The molecule has 3 nitrogen and oxygen atoms in total. The summed E-state index contributed by atoms with van der Waals surface area (Å²) in [4.78, 5) is 13.2. The third-order valence-corrected chi connectivity index (χ3v) is 6.11. The van der Waals surface area contributed by atoms with Gasteiger partial charge in [-0.25, -0.2) is 8.78 Å². The first kappa shape index (κ1) is 23.0. The van der Waals surface area contributed by atoms with Crippen LogP contribution in [-0.4, -0.2) is 10.5 Å². The molecule has 1 heterocycles. The molecule has 0 unspecified atom stereocenters. The van der Waals surface area contributed by atoms with E-state index in [1.54, 1.807) is 4.57 Å². The van der Waals surface area contributed by atoms with Crippen LogP contribution in [0.15, 0.2) is 42.5 Å². The summed E-state index contributed by atoms with van der Waals surface area (Å²) in [7, 11) is 0. The van der Waals surface area contributed by atoms with Gasteiger partial charge in [0.05, 0.1) is 12.1 Å². The Morgan fingerprint density at radius 3 is 2.55 bits per heavy atom. The Bertz CT molecular complexity index is 1200. The highest BCUT2D eigenvalue weighted by molar-refractivity contribution is 5.95. The summed E-state index contributed by atoms with van der Waals surface area (Å²) < 4.78 is 68.4. The molecule has 0 fully saturated rings. The minimum Gasteiger partial charge on any atom is -0.347 e. The second-order valence-electron chi connectivity index (χ2n) is 8.31. The van der Waals surface area contributed by atoms with E-state index in [0.29, 0.717) is 11.3 Å². The smallest absolute Gasteiger partial charge is 0.347 e. The molecule has 1 aliphatic rings. The average molecular weight is 462 g/mol. The number of hydrogen-bond acceptors (Lipinski definition) is 1. The van der Waals surface area contributed by atoms with Gasteiger partial charge in [0.25, 0.3) is 5.91 Å². The Morgan fingerprint density at radius 2 is 1.82 bits per heavy atom. The maximum Gasteiger partial charge on any atom is 0.416 e. The highest BCUT2D eigenvalue weighted by atomic mass is 19.4. The molecule has 0 saturated heterocycles. The minimum absolute atomic E-state index is 0.0641. The van der Waals surface area contributed by atoms with Gasteiger partial charge in [0.2, 0.25) is 0 Å². The van der Waals surface area contributed by atoms with Crippen LogP contribution >= 0.6 is 0 Å². The molecule has 1 aromatic heterocycles. The van der Waals surface area contributed by atoms with Crippen LogP contribution in [0.1, 0.15) is 56.8 Å². The number of carbonyl (C=O) groups excluding carboxylic acids is 1. The van der Waals surface area contributed by atoms with Crippen molar-refractivity contribution in [2.24, 2.45) is 0 Å². The van der Waals surface area contributed by atoms with Gasteiger partial charge >= 0.3 is 6.18 Å². The molecular formula is C25H23F5N2O. The number of rotatable bonds is 5. The van der Waals surface area contributed by atoms with Gasteiger partial charge in [-0.15, -0.1) is 0 Å². The number of alkyl halides is 3. The summed E-state index contributed by atoms with van der Waals surface area (Å²) in [6, 6.07) is 8.14. The highest BCUT2D eigenvalue weighted by Gasteiger charge is 2.30. The fraction of sp³-hybridized carbons (Fsp3) is 0.320. The lowest BCUT2D eigenvalue weighted by atomic mass is 9.95. The van der Waals surface area contributed by atoms with Crippen molar-refractivity contribution in [2.45, 2.75) is 51.9 Å². The van der Waals surface area contributed by atoms with Crippen molar-refractivity contribution >= 4 is 5.91 Å². The van der Waals surface area contributed by atoms with E-state index >= 15 is 0 Å². The van der Waals surface area contributed by atoms with Crippen LogP contribution in [0.5, 0.6) is 0 Å². The fourth-order valence-corrected chi connectivity index (χ4v) is 4.48. The Balaban J connectivity index is 1.64. The van der Waals surface area contributed by atoms with Crippen molar-refractivity contribution in [3.05, 3.63) is 93.3 Å². The summed E-state index contributed by atoms with van der Waals surface area (Å²) in [6.07, 6.45) is -1.01. The van der Waals surface area contributed by atoms with Gasteiger partial charge in [0, 0.05) is 23.9 Å². The number of fused-ring (bicyclic) bond motifs is 1. The number of benzene rings is 2. The highest BCUT2D eigenvalue weighted by Crippen LogP contribution is 2.32. The molecule has 1 aliphatic carbocycles. The van der Waals surface area contributed by atoms with Crippen LogP contribution in [0, 0.1) is 18.6 Å². The molecule has 8 heteroatoms. The summed E-state index contributed by atoms with van der Waals surface area (Å²) >= 11 is 0. The standard InChI is InChI=1S/C25H23F5N2O/c1-15-20-7-2-3-8-22(20)32(14-17-9-10-19(26)12-21(17)27)23(15)24(33)31-13-16-5-4-6-18(11-16)25(28,29)30/h4-6,9-12H,2-3,7-8,13-14H2,1H3,(H,31,33). The molecule has 0 aliphatic heterocycles. The molecule has 174 valence electrons. The number of amides is 1. The van der Waals surface area contributed by atoms with Gasteiger partial charge in [0.1, 0.15) is 17.3 Å². The van der Waals surface area contributed by atoms with Gasteiger partial charge in [-0.05, 0) is 67.5 Å². The number of nitrogens with zero attached hydrogens (tertiary/aromatic N) is 1. The van der Waals surface area contributed by atoms with E-state index in [1.807, 2.05) is 6.92 Å². The van der Waals surface area contributed by atoms with Gasteiger partial charge in [-0.3, -0.25) is 4.79 Å². The molecule has 2 aromatic carbocycles. The zero-order valence-corrected chi connectivity index (χ0v) is 18.0. The summed E-state index contributed by atoms with van der Waals surface area (Å²) in [5.41, 5.74) is 2.94. The first-order valence-corrected chi connectivity index (χ1v) is 10.7. The van der Waals surface area contributed by atoms with Crippen molar-refractivity contribution in [1.29, 1.82) is 0 Å². The minimum atomic E-state index is -4.47. The van der Waals surface area contributed by atoms with Crippen LogP contribution in [-0.2, 0) is 32.1 Å². The van der Waals surface area contributed by atoms with Crippen molar-refractivity contribution < 1.29 is 26.7 Å². The monoisotopic (exact) mass is 462 g/mol. The molecular weight excluding hydrogens is 439 g/mol. The number of hydrogen-bond donors (Lipinski definition) is 1. The van der Waals surface area contributed by atoms with E-state index in [9.17, 15) is 26.7 Å². The maximum absolute atomic E-state index is 14.4. The van der Waals surface area contributed by atoms with E-state index in [2.05, 4.69) is 5.32 Å². The molecule has 0 radical (unpaired) electrons. The number of nitrogens with one attached hydrogen (secondary N) is 1. The van der Waals surface area contributed by atoms with Crippen LogP contribution in [0.2, 0.25) is 0 Å². The van der Waals surface area contributed by atoms with Crippen LogP contribution in [0.4, 0.5) is 22.0 Å². The number of carbonyl (C=O) groups is 1. The Labute approximate surface area is 188 Å². The van der Waals surface area contributed by atoms with Crippen molar-refractivity contribution in [2.75, 3.05) is 0 Å². The zero-order chi connectivity index (χ0) is 23.8. The predicted molar refractivity (Wildman–Crippen MR) is 114 cm³/mol. The summed E-state index contributed by atoms with van der Waals surface area (Å²) in [5.74, 6) is -1.82. The second-order valence-corrected chi connectivity index (χ2v) is 8.31. The average Bonchev–Trinajstić information content (AvgIpc) is 3.05. The SMILES string of the molecule is Cc1c2c(n(Cc3ccc(F)cc3F)c1C(=O)NCc1cccc(C(F)(F)F)c1)CCCC2. The second kappa shape index (κ2) is 9.00. The summed E-state index contributed by atoms with van der Waals surface area (Å²) in [6.45, 7) is 1.82. The third kappa shape index (κ3) is 4.79. The maximum atomic E-state index is 14.4. The van der Waals surface area contributed by atoms with E-state index in [-0.39, 0.29) is 18.7 Å². The van der Waals surface area contributed by atoms with Gasteiger partial charge < -0.3 is 9.88 Å². The van der Waals surface area contributed by atoms with Crippen LogP contribution < -0.4 is 5.32 Å². The van der Waals surface area contributed by atoms with Gasteiger partial charge in [-0.1, -0.05) is 18.2 Å². The molecule has 4 rings (SSSR count). The van der Waals surface area contributed by atoms with Crippen molar-refractivity contribution in [1.82, 2.24) is 9.88 Å². The largest absolute Gasteiger partial charge is 0.416 e. The van der Waals surface area contributed by atoms with Gasteiger partial charge in [0.15, 0.2) is 0 Å². The zero-order valence-electron chi connectivity index (χ0n) is 18.0. The fourth-order valence-electron chi connectivity index (χ4n) is 4.48. The quantitative estimate of drug-likeness (QED) is 0.467. The van der Waals surface area contributed by atoms with Crippen LogP contribution in [0.25, 0.3) is 0 Å². The van der Waals surface area contributed by atoms with E-state index < -0.39 is 29.3 Å². The topological polar surface area (TPSA) is 34.0 Å². The first-order chi connectivity index (χ1) is 15.6. The molecule has 33 heavy (non-hydrogen) atoms. The normalized spacial score (nSPS) is 13.6. The van der Waals surface area contributed by atoms with E-state index in [0.717, 1.165) is 60.7 Å². The van der Waals surface area contributed by atoms with E-state index in [1.165, 1.54) is 24.3 Å².